The largest absolute Gasteiger partial charge is 0.342 e. The number of hydrogen-bond acceptors (Lipinski definition) is 5. The number of para-hydroxylation sites is 1. The van der Waals surface area contributed by atoms with Crippen LogP contribution in [0, 0.1) is 0 Å². The normalized spacial score (nSPS) is 11.7. The Morgan fingerprint density at radius 1 is 1.13 bits per heavy atom. The molecule has 1 unspecified atom stereocenters. The van der Waals surface area contributed by atoms with E-state index in [0.717, 1.165) is 17.7 Å². The number of amides is 2. The second-order valence-electron chi connectivity index (χ2n) is 6.95. The third-order valence-electron chi connectivity index (χ3n) is 4.71. The number of halogens is 1. The minimum absolute atomic E-state index is 0.112. The number of hydrogen-bond donors (Lipinski definition) is 2. The van der Waals surface area contributed by atoms with E-state index >= 15 is 0 Å². The topological polar surface area (TPSA) is 88.9 Å². The van der Waals surface area contributed by atoms with Gasteiger partial charge in [0.1, 0.15) is 0 Å². The molecule has 1 heterocycles. The lowest BCUT2D eigenvalue weighted by Crippen LogP contribution is -2.28. The van der Waals surface area contributed by atoms with E-state index in [4.69, 9.17) is 11.6 Å². The number of thioether (sulfide) groups is 1. The maximum Gasteiger partial charge on any atom is 0.251 e. The molecule has 3 aromatic rings. The first-order valence-electron chi connectivity index (χ1n) is 9.85. The Labute approximate surface area is 190 Å². The molecule has 31 heavy (non-hydrogen) atoms. The summed E-state index contributed by atoms with van der Waals surface area (Å²) in [5.41, 5.74) is 2.43. The minimum atomic E-state index is -0.361. The van der Waals surface area contributed by atoms with Gasteiger partial charge in [-0.15, -0.1) is 10.2 Å². The molecular weight excluding hydrogens is 434 g/mol. The Morgan fingerprint density at radius 2 is 1.84 bits per heavy atom. The summed E-state index contributed by atoms with van der Waals surface area (Å²) in [6.45, 7) is 3.88. The molecule has 0 saturated carbocycles. The van der Waals surface area contributed by atoms with Crippen molar-refractivity contribution in [3.05, 3.63) is 70.5 Å². The summed E-state index contributed by atoms with van der Waals surface area (Å²) in [6, 6.07) is 14.1. The van der Waals surface area contributed by atoms with Gasteiger partial charge in [-0.2, -0.15) is 0 Å². The molecule has 9 heteroatoms. The van der Waals surface area contributed by atoms with Gasteiger partial charge in [0, 0.05) is 23.3 Å². The van der Waals surface area contributed by atoms with Crippen molar-refractivity contribution < 1.29 is 9.59 Å². The lowest BCUT2D eigenvalue weighted by atomic mass is 10.1. The number of nitrogens with one attached hydrogen (secondary N) is 2. The molecule has 7 nitrogen and oxygen atoms in total. The van der Waals surface area contributed by atoms with Gasteiger partial charge in [-0.05, 0) is 49.2 Å². The maximum absolute atomic E-state index is 12.4. The van der Waals surface area contributed by atoms with E-state index in [1.807, 2.05) is 45.2 Å². The number of nitrogens with zero attached hydrogens (tertiary/aromatic N) is 3. The van der Waals surface area contributed by atoms with Gasteiger partial charge in [0.2, 0.25) is 5.91 Å². The number of aryl methyl sites for hydroxylation is 1. The van der Waals surface area contributed by atoms with Crippen LogP contribution in [-0.4, -0.2) is 32.3 Å². The Kier molecular flexibility index (Phi) is 7.70. The van der Waals surface area contributed by atoms with E-state index < -0.39 is 0 Å². The highest BCUT2D eigenvalue weighted by atomic mass is 35.5. The molecule has 1 aromatic heterocycles. The van der Waals surface area contributed by atoms with Gasteiger partial charge >= 0.3 is 0 Å². The molecule has 2 N–H and O–H groups in total. The van der Waals surface area contributed by atoms with Crippen LogP contribution in [0.2, 0.25) is 5.02 Å². The summed E-state index contributed by atoms with van der Waals surface area (Å²) in [5, 5.41) is 15.4. The number of carbonyl (C=O) groups excluding carboxylic acids is 2. The van der Waals surface area contributed by atoms with Crippen molar-refractivity contribution in [2.45, 2.75) is 31.5 Å². The average Bonchev–Trinajstić information content (AvgIpc) is 3.13. The first-order chi connectivity index (χ1) is 14.9. The van der Waals surface area contributed by atoms with Gasteiger partial charge in [0.05, 0.1) is 11.8 Å². The zero-order chi connectivity index (χ0) is 22.4. The van der Waals surface area contributed by atoms with E-state index in [9.17, 15) is 9.59 Å². The molecule has 2 aromatic carbocycles. The molecule has 0 aliphatic rings. The molecule has 0 bridgehead atoms. The predicted molar refractivity (Wildman–Crippen MR) is 124 cm³/mol. The zero-order valence-corrected chi connectivity index (χ0v) is 19.1. The fourth-order valence-corrected chi connectivity index (χ4v) is 3.89. The lowest BCUT2D eigenvalue weighted by Gasteiger charge is -2.14. The van der Waals surface area contributed by atoms with Crippen LogP contribution in [0.1, 0.15) is 41.6 Å². The van der Waals surface area contributed by atoms with Crippen LogP contribution < -0.4 is 10.6 Å². The van der Waals surface area contributed by atoms with E-state index in [0.29, 0.717) is 21.6 Å². The summed E-state index contributed by atoms with van der Waals surface area (Å²) in [7, 11) is 1.81. The highest BCUT2D eigenvalue weighted by Crippen LogP contribution is 2.21. The zero-order valence-electron chi connectivity index (χ0n) is 17.6. The van der Waals surface area contributed by atoms with Crippen LogP contribution in [0.4, 0.5) is 5.69 Å². The SMILES string of the molecule is CCc1ccccc1NC(=O)CSc1nnc(C(C)NC(=O)c2ccc(Cl)cc2)n1C. The van der Waals surface area contributed by atoms with Crippen LogP contribution >= 0.6 is 23.4 Å². The molecule has 0 radical (unpaired) electrons. The summed E-state index contributed by atoms with van der Waals surface area (Å²) in [6.07, 6.45) is 0.843. The molecule has 0 fully saturated rings. The van der Waals surface area contributed by atoms with Crippen molar-refractivity contribution in [3.8, 4) is 0 Å². The smallest absolute Gasteiger partial charge is 0.251 e. The van der Waals surface area contributed by atoms with Gasteiger partial charge in [-0.3, -0.25) is 9.59 Å². The Bertz CT molecular complexity index is 1070. The standard InChI is InChI=1S/C22H24ClN5O2S/c1-4-15-7-5-6-8-18(15)25-19(29)13-31-22-27-26-20(28(22)3)14(2)24-21(30)16-9-11-17(23)12-10-16/h5-12,14H,4,13H2,1-3H3,(H,24,30)(H,25,29). The second kappa shape index (κ2) is 10.5. The third kappa shape index (κ3) is 5.86. The van der Waals surface area contributed by atoms with Crippen molar-refractivity contribution in [1.82, 2.24) is 20.1 Å². The minimum Gasteiger partial charge on any atom is -0.342 e. The molecule has 0 spiro atoms. The van der Waals surface area contributed by atoms with Crippen LogP contribution in [0.15, 0.2) is 53.7 Å². The first kappa shape index (κ1) is 22.8. The molecule has 0 aliphatic heterocycles. The van der Waals surface area contributed by atoms with Gasteiger partial charge in [-0.25, -0.2) is 0 Å². The van der Waals surface area contributed by atoms with Crippen LogP contribution in [0.5, 0.6) is 0 Å². The number of anilines is 1. The fourth-order valence-electron chi connectivity index (χ4n) is 3.04. The van der Waals surface area contributed by atoms with Crippen LogP contribution in [-0.2, 0) is 18.3 Å². The monoisotopic (exact) mass is 457 g/mol. The van der Waals surface area contributed by atoms with Crippen molar-refractivity contribution in [2.75, 3.05) is 11.1 Å². The quantitative estimate of drug-likeness (QED) is 0.493. The average molecular weight is 458 g/mol. The summed E-state index contributed by atoms with van der Waals surface area (Å²) < 4.78 is 1.78. The number of rotatable bonds is 8. The predicted octanol–water partition coefficient (Wildman–Crippen LogP) is 4.25. The third-order valence-corrected chi connectivity index (χ3v) is 5.99. The maximum atomic E-state index is 12.4. The number of aromatic nitrogens is 3. The Balaban J connectivity index is 1.58. The van der Waals surface area contributed by atoms with E-state index in [2.05, 4.69) is 20.8 Å². The van der Waals surface area contributed by atoms with E-state index in [1.54, 1.807) is 28.8 Å². The van der Waals surface area contributed by atoms with E-state index in [-0.39, 0.29) is 23.6 Å². The molecule has 1 atom stereocenters. The van der Waals surface area contributed by atoms with Gasteiger partial charge in [-0.1, -0.05) is 48.5 Å². The molecule has 3 rings (SSSR count). The first-order valence-corrected chi connectivity index (χ1v) is 11.2. The molecule has 162 valence electrons. The molecule has 0 saturated heterocycles. The van der Waals surface area contributed by atoms with Crippen molar-refractivity contribution in [1.29, 1.82) is 0 Å². The highest BCUT2D eigenvalue weighted by Gasteiger charge is 2.19. The molecule has 0 aliphatic carbocycles. The number of carbonyl (C=O) groups is 2. The van der Waals surface area contributed by atoms with Crippen LogP contribution in [0.3, 0.4) is 0 Å². The van der Waals surface area contributed by atoms with Crippen molar-refractivity contribution in [3.63, 3.8) is 0 Å². The molecule has 2 amide bonds. The Hall–Kier alpha value is -2.84. The van der Waals surface area contributed by atoms with Crippen LogP contribution in [0.25, 0.3) is 0 Å². The molecular formula is C22H24ClN5O2S. The van der Waals surface area contributed by atoms with E-state index in [1.165, 1.54) is 11.8 Å². The van der Waals surface area contributed by atoms with Gasteiger partial charge in [0.25, 0.3) is 5.91 Å². The fraction of sp³-hybridized carbons (Fsp3) is 0.273. The van der Waals surface area contributed by atoms with Gasteiger partial charge < -0.3 is 15.2 Å². The Morgan fingerprint density at radius 3 is 2.55 bits per heavy atom. The van der Waals surface area contributed by atoms with Crippen molar-refractivity contribution in [2.24, 2.45) is 7.05 Å². The second-order valence-corrected chi connectivity index (χ2v) is 8.33. The highest BCUT2D eigenvalue weighted by molar-refractivity contribution is 7.99. The number of benzene rings is 2. The summed E-state index contributed by atoms with van der Waals surface area (Å²) in [4.78, 5) is 24.8. The lowest BCUT2D eigenvalue weighted by molar-refractivity contribution is -0.113. The summed E-state index contributed by atoms with van der Waals surface area (Å²) in [5.74, 6) is 0.464. The summed E-state index contributed by atoms with van der Waals surface area (Å²) >= 11 is 7.16. The van der Waals surface area contributed by atoms with Crippen molar-refractivity contribution >= 4 is 40.9 Å². The van der Waals surface area contributed by atoms with Gasteiger partial charge in [0.15, 0.2) is 11.0 Å².